The molecule has 0 atom stereocenters. The number of methoxy groups -OCH3 is 2. The summed E-state index contributed by atoms with van der Waals surface area (Å²) in [6.45, 7) is 4.51. The molecule has 1 heterocycles. The highest BCUT2D eigenvalue weighted by Crippen LogP contribution is 2.27. The van der Waals surface area contributed by atoms with Crippen molar-refractivity contribution in [3.63, 3.8) is 0 Å². The first-order valence-electron chi connectivity index (χ1n) is 9.01. The quantitative estimate of drug-likeness (QED) is 0.411. The zero-order chi connectivity index (χ0) is 20.8. The molecule has 1 aromatic heterocycles. The van der Waals surface area contributed by atoms with Crippen molar-refractivity contribution in [2.75, 3.05) is 25.3 Å². The summed E-state index contributed by atoms with van der Waals surface area (Å²) >= 11 is 1.19. The van der Waals surface area contributed by atoms with Crippen molar-refractivity contribution >= 4 is 23.2 Å². The maximum atomic E-state index is 12.6. The molecule has 0 aliphatic rings. The number of anilines is 1. The molecule has 7 nitrogen and oxygen atoms in total. The van der Waals surface area contributed by atoms with Crippen molar-refractivity contribution in [3.05, 3.63) is 59.0 Å². The number of hydrogen-bond acceptors (Lipinski definition) is 8. The highest BCUT2D eigenvalue weighted by molar-refractivity contribution is 7.99. The molecule has 0 saturated carbocycles. The molecule has 0 aliphatic carbocycles. The van der Waals surface area contributed by atoms with Gasteiger partial charge in [-0.05, 0) is 43.7 Å². The molecule has 0 spiro atoms. The highest BCUT2D eigenvalue weighted by atomic mass is 32.2. The van der Waals surface area contributed by atoms with Crippen LogP contribution in [0.4, 0.5) is 5.69 Å². The Labute approximate surface area is 173 Å². The second-order valence-electron chi connectivity index (χ2n) is 6.41. The van der Waals surface area contributed by atoms with Crippen LogP contribution in [0.3, 0.4) is 0 Å². The van der Waals surface area contributed by atoms with Gasteiger partial charge in [0.25, 0.3) is 5.22 Å². The fourth-order valence-corrected chi connectivity index (χ4v) is 3.45. The van der Waals surface area contributed by atoms with Crippen molar-refractivity contribution < 1.29 is 18.7 Å². The van der Waals surface area contributed by atoms with E-state index >= 15 is 0 Å². The molecule has 0 amide bonds. The summed E-state index contributed by atoms with van der Waals surface area (Å²) in [5.74, 6) is 1.59. The van der Waals surface area contributed by atoms with E-state index in [0.29, 0.717) is 34.7 Å². The number of nitrogens with zero attached hydrogens (tertiary/aromatic N) is 2. The van der Waals surface area contributed by atoms with Gasteiger partial charge in [0.15, 0.2) is 5.78 Å². The first kappa shape index (κ1) is 20.7. The third-order valence-corrected chi connectivity index (χ3v) is 5.11. The number of ether oxygens (including phenoxy) is 2. The van der Waals surface area contributed by atoms with Gasteiger partial charge in [0, 0.05) is 5.69 Å². The van der Waals surface area contributed by atoms with Gasteiger partial charge in [-0.1, -0.05) is 29.5 Å². The number of thioether (sulfide) groups is 1. The van der Waals surface area contributed by atoms with E-state index in [0.717, 1.165) is 11.3 Å². The summed E-state index contributed by atoms with van der Waals surface area (Å²) in [5, 5.41) is 11.7. The molecule has 0 fully saturated rings. The number of benzene rings is 2. The van der Waals surface area contributed by atoms with Crippen LogP contribution in [0, 0.1) is 13.8 Å². The molecule has 0 saturated heterocycles. The predicted molar refractivity (Wildman–Crippen MR) is 112 cm³/mol. The minimum Gasteiger partial charge on any atom is -0.497 e. The Morgan fingerprint density at radius 3 is 2.66 bits per heavy atom. The zero-order valence-corrected chi connectivity index (χ0v) is 17.6. The number of ketones is 1. The molecule has 0 bridgehead atoms. The van der Waals surface area contributed by atoms with Gasteiger partial charge in [-0.2, -0.15) is 0 Å². The van der Waals surface area contributed by atoms with E-state index in [9.17, 15) is 4.79 Å². The Balaban J connectivity index is 1.58. The standard InChI is InChI=1S/C21H23N3O4S/c1-13-5-7-17(14(2)9-13)22-11-20-23-24-21(28-20)29-12-18(25)16-10-15(26-3)6-8-19(16)27-4/h5-10,22H,11-12H2,1-4H3. The Morgan fingerprint density at radius 1 is 1.10 bits per heavy atom. The summed E-state index contributed by atoms with van der Waals surface area (Å²) in [6.07, 6.45) is 0. The van der Waals surface area contributed by atoms with Crippen LogP contribution in [0.5, 0.6) is 11.5 Å². The van der Waals surface area contributed by atoms with Crippen LogP contribution in [0.1, 0.15) is 27.4 Å². The fourth-order valence-electron chi connectivity index (χ4n) is 2.79. The van der Waals surface area contributed by atoms with E-state index in [1.54, 1.807) is 25.3 Å². The third kappa shape index (κ3) is 5.29. The number of nitrogens with one attached hydrogen (secondary N) is 1. The maximum absolute atomic E-state index is 12.6. The lowest BCUT2D eigenvalue weighted by molar-refractivity contribution is 0.101. The largest absolute Gasteiger partial charge is 0.497 e. The van der Waals surface area contributed by atoms with Gasteiger partial charge in [0.05, 0.1) is 32.1 Å². The Bertz CT molecular complexity index is 1000. The summed E-state index contributed by atoms with van der Waals surface area (Å²) in [7, 11) is 3.08. The average Bonchev–Trinajstić information content (AvgIpc) is 3.18. The molecule has 8 heteroatoms. The first-order valence-corrected chi connectivity index (χ1v) is 10.00. The monoisotopic (exact) mass is 413 g/mol. The minimum atomic E-state index is -0.112. The van der Waals surface area contributed by atoms with Gasteiger partial charge < -0.3 is 19.2 Å². The summed E-state index contributed by atoms with van der Waals surface area (Å²) in [4.78, 5) is 12.6. The van der Waals surface area contributed by atoms with Crippen molar-refractivity contribution in [3.8, 4) is 11.5 Å². The third-order valence-electron chi connectivity index (χ3n) is 4.29. The number of carbonyl (C=O) groups excluding carboxylic acids is 1. The van der Waals surface area contributed by atoms with Crippen LogP contribution in [0.25, 0.3) is 0 Å². The van der Waals surface area contributed by atoms with Gasteiger partial charge in [-0.15, -0.1) is 10.2 Å². The van der Waals surface area contributed by atoms with Gasteiger partial charge in [0.1, 0.15) is 11.5 Å². The van der Waals surface area contributed by atoms with Crippen LogP contribution in [-0.4, -0.2) is 36.0 Å². The van der Waals surface area contributed by atoms with Gasteiger partial charge in [0.2, 0.25) is 5.89 Å². The van der Waals surface area contributed by atoms with E-state index in [4.69, 9.17) is 13.9 Å². The molecular formula is C21H23N3O4S. The smallest absolute Gasteiger partial charge is 0.277 e. The van der Waals surface area contributed by atoms with E-state index in [2.05, 4.69) is 28.5 Å². The molecule has 0 unspecified atom stereocenters. The molecule has 0 aliphatic heterocycles. The van der Waals surface area contributed by atoms with Crippen molar-refractivity contribution in [1.82, 2.24) is 10.2 Å². The lowest BCUT2D eigenvalue weighted by Gasteiger charge is -2.09. The second kappa shape index (κ2) is 9.47. The Hall–Kier alpha value is -3.00. The number of carbonyl (C=O) groups is 1. The molecule has 1 N–H and O–H groups in total. The minimum absolute atomic E-state index is 0.112. The van der Waals surface area contributed by atoms with Crippen LogP contribution in [-0.2, 0) is 6.54 Å². The second-order valence-corrected chi connectivity index (χ2v) is 7.34. The average molecular weight is 413 g/mol. The van der Waals surface area contributed by atoms with E-state index < -0.39 is 0 Å². The maximum Gasteiger partial charge on any atom is 0.277 e. The van der Waals surface area contributed by atoms with E-state index in [-0.39, 0.29) is 11.5 Å². The summed E-state index contributed by atoms with van der Waals surface area (Å²) < 4.78 is 16.1. The number of hydrogen-bond donors (Lipinski definition) is 1. The molecular weight excluding hydrogens is 390 g/mol. The topological polar surface area (TPSA) is 86.5 Å². The zero-order valence-electron chi connectivity index (χ0n) is 16.8. The van der Waals surface area contributed by atoms with Crippen LogP contribution in [0.15, 0.2) is 46.0 Å². The lowest BCUT2D eigenvalue weighted by Crippen LogP contribution is -2.05. The summed E-state index contributed by atoms with van der Waals surface area (Å²) in [6, 6.07) is 11.3. The van der Waals surface area contributed by atoms with E-state index in [1.165, 1.54) is 24.4 Å². The van der Waals surface area contributed by atoms with Crippen molar-refractivity contribution in [2.24, 2.45) is 0 Å². The first-order chi connectivity index (χ1) is 14.0. The molecule has 2 aromatic carbocycles. The van der Waals surface area contributed by atoms with Crippen LogP contribution in [0.2, 0.25) is 0 Å². The predicted octanol–water partition coefficient (Wildman–Crippen LogP) is 4.29. The van der Waals surface area contributed by atoms with Crippen molar-refractivity contribution in [1.29, 1.82) is 0 Å². The molecule has 3 aromatic rings. The number of rotatable bonds is 9. The Kier molecular flexibility index (Phi) is 6.77. The van der Waals surface area contributed by atoms with Crippen LogP contribution >= 0.6 is 11.8 Å². The normalized spacial score (nSPS) is 10.6. The summed E-state index contributed by atoms with van der Waals surface area (Å²) in [5.41, 5.74) is 3.83. The number of aromatic nitrogens is 2. The molecule has 29 heavy (non-hydrogen) atoms. The number of Topliss-reactive ketones (excluding diaryl/α,β-unsaturated/α-hetero) is 1. The number of aryl methyl sites for hydroxylation is 2. The van der Waals surface area contributed by atoms with E-state index in [1.807, 2.05) is 19.1 Å². The van der Waals surface area contributed by atoms with Gasteiger partial charge >= 0.3 is 0 Å². The van der Waals surface area contributed by atoms with Gasteiger partial charge in [-0.25, -0.2) is 0 Å². The van der Waals surface area contributed by atoms with Crippen molar-refractivity contribution in [2.45, 2.75) is 25.6 Å². The SMILES string of the molecule is COc1ccc(OC)c(C(=O)CSc2nnc(CNc3ccc(C)cc3C)o2)c1. The lowest BCUT2D eigenvalue weighted by atomic mass is 10.1. The Morgan fingerprint density at radius 2 is 1.93 bits per heavy atom. The molecule has 0 radical (unpaired) electrons. The van der Waals surface area contributed by atoms with Gasteiger partial charge in [-0.3, -0.25) is 4.79 Å². The highest BCUT2D eigenvalue weighted by Gasteiger charge is 2.16. The fraction of sp³-hybridized carbons (Fsp3) is 0.286. The van der Waals surface area contributed by atoms with Crippen LogP contribution < -0.4 is 14.8 Å². The molecule has 3 rings (SSSR count). The molecule has 152 valence electrons.